The van der Waals surface area contributed by atoms with Gasteiger partial charge in [0, 0.05) is 19.5 Å². The molecule has 4 N–H and O–H groups in total. The number of carbonyl (C=O) groups is 1. The summed E-state index contributed by atoms with van der Waals surface area (Å²) in [6.45, 7) is 1.20. The molecule has 2 aliphatic carbocycles. The van der Waals surface area contributed by atoms with Gasteiger partial charge in [0.1, 0.15) is 0 Å². The first kappa shape index (κ1) is 15.9. The lowest BCUT2D eigenvalue weighted by Gasteiger charge is -2.31. The lowest BCUT2D eigenvalue weighted by atomic mass is 9.79. The molecule has 1 aliphatic heterocycles. The zero-order valence-electron chi connectivity index (χ0n) is 13.5. The molecule has 0 radical (unpaired) electrons. The van der Waals surface area contributed by atoms with E-state index in [0.717, 1.165) is 11.1 Å². The number of benzene rings is 1. The molecular weight excluding hydrogens is 308 g/mol. The van der Waals surface area contributed by atoms with Crippen molar-refractivity contribution in [3.63, 3.8) is 0 Å². The fourth-order valence-corrected chi connectivity index (χ4v) is 4.55. The molecule has 1 heterocycles. The van der Waals surface area contributed by atoms with Crippen molar-refractivity contribution in [1.82, 2.24) is 10.2 Å². The summed E-state index contributed by atoms with van der Waals surface area (Å²) in [7, 11) is 0. The Kier molecular flexibility index (Phi) is 3.98. The van der Waals surface area contributed by atoms with Crippen LogP contribution in [0.3, 0.4) is 0 Å². The molecule has 2 fully saturated rings. The van der Waals surface area contributed by atoms with Crippen molar-refractivity contribution < 1.29 is 20.1 Å². The first-order chi connectivity index (χ1) is 11.5. The number of aliphatic hydroxyl groups excluding tert-OH is 3. The van der Waals surface area contributed by atoms with E-state index in [1.165, 1.54) is 0 Å². The van der Waals surface area contributed by atoms with E-state index >= 15 is 0 Å². The molecule has 0 aromatic heterocycles. The molecule has 1 saturated heterocycles. The monoisotopic (exact) mass is 332 g/mol. The molecule has 3 aliphatic rings. The van der Waals surface area contributed by atoms with E-state index in [4.69, 9.17) is 0 Å². The lowest BCUT2D eigenvalue weighted by molar-refractivity contribution is -0.0372. The standard InChI is InChI=1S/C18H24N2O4/c21-14-6-11-8-20(9-12(11)7-15(14)22)18(24)19-17-13-4-2-1-3-10(13)5-16(17)23/h1-4,11-12,14-17,21-23H,5-9H2,(H,19,24)/t11-,12+,14+,15-,16-,17-/m0/s1. The van der Waals surface area contributed by atoms with Crippen molar-refractivity contribution in [2.45, 2.75) is 43.6 Å². The topological polar surface area (TPSA) is 93.0 Å². The van der Waals surface area contributed by atoms with Crippen LogP contribution >= 0.6 is 0 Å². The lowest BCUT2D eigenvalue weighted by Crippen LogP contribution is -2.43. The molecule has 1 aromatic carbocycles. The molecule has 1 aromatic rings. The first-order valence-corrected chi connectivity index (χ1v) is 8.70. The second-order valence-electron chi connectivity index (χ2n) is 7.43. The van der Waals surface area contributed by atoms with Crippen molar-refractivity contribution in [1.29, 1.82) is 0 Å². The van der Waals surface area contributed by atoms with E-state index < -0.39 is 18.3 Å². The Hall–Kier alpha value is -1.63. The summed E-state index contributed by atoms with van der Waals surface area (Å²) in [5, 5.41) is 32.9. The second kappa shape index (κ2) is 6.02. The van der Waals surface area contributed by atoms with Crippen LogP contribution in [0.4, 0.5) is 4.79 Å². The molecular formula is C18H24N2O4. The molecule has 6 nitrogen and oxygen atoms in total. The molecule has 0 spiro atoms. The van der Waals surface area contributed by atoms with Gasteiger partial charge in [-0.15, -0.1) is 0 Å². The largest absolute Gasteiger partial charge is 0.390 e. The minimum Gasteiger partial charge on any atom is -0.390 e. The number of fused-ring (bicyclic) bond motifs is 2. The number of urea groups is 1. The third kappa shape index (κ3) is 2.68. The van der Waals surface area contributed by atoms with Gasteiger partial charge in [0.05, 0.1) is 24.4 Å². The minimum absolute atomic E-state index is 0.172. The summed E-state index contributed by atoms with van der Waals surface area (Å²) in [6, 6.07) is 7.26. The van der Waals surface area contributed by atoms with E-state index in [2.05, 4.69) is 5.32 Å². The number of nitrogens with one attached hydrogen (secondary N) is 1. The predicted octanol–water partition coefficient (Wildman–Crippen LogP) is 0.418. The van der Waals surface area contributed by atoms with Crippen molar-refractivity contribution in [2.75, 3.05) is 13.1 Å². The smallest absolute Gasteiger partial charge is 0.317 e. The summed E-state index contributed by atoms with van der Waals surface area (Å²) in [4.78, 5) is 14.4. The minimum atomic E-state index is -0.683. The molecule has 0 unspecified atom stereocenters. The van der Waals surface area contributed by atoms with Crippen LogP contribution in [0, 0.1) is 11.8 Å². The maximum Gasteiger partial charge on any atom is 0.317 e. The average Bonchev–Trinajstić information content (AvgIpc) is 3.09. The number of rotatable bonds is 1. The summed E-state index contributed by atoms with van der Waals surface area (Å²) in [5.74, 6) is 0.491. The molecule has 4 rings (SSSR count). The van der Waals surface area contributed by atoms with Crippen molar-refractivity contribution in [3.8, 4) is 0 Å². The van der Waals surface area contributed by atoms with Crippen LogP contribution in [-0.4, -0.2) is 57.7 Å². The zero-order chi connectivity index (χ0) is 16.8. The van der Waals surface area contributed by atoms with E-state index in [1.807, 2.05) is 24.3 Å². The van der Waals surface area contributed by atoms with Gasteiger partial charge in [0.15, 0.2) is 0 Å². The van der Waals surface area contributed by atoms with Crippen LogP contribution in [-0.2, 0) is 6.42 Å². The molecule has 130 valence electrons. The SMILES string of the molecule is O=C(N[C@H]1c2ccccc2C[C@@H]1O)N1C[C@H]2C[C@H](O)[C@H](O)C[C@H]2C1. The Morgan fingerprint density at radius 3 is 2.29 bits per heavy atom. The zero-order valence-corrected chi connectivity index (χ0v) is 13.5. The normalized spacial score (nSPS) is 37.9. The van der Waals surface area contributed by atoms with E-state index in [0.29, 0.717) is 32.4 Å². The third-order valence-corrected chi connectivity index (χ3v) is 5.88. The van der Waals surface area contributed by atoms with Gasteiger partial charge in [-0.2, -0.15) is 0 Å². The van der Waals surface area contributed by atoms with Gasteiger partial charge in [-0.3, -0.25) is 0 Å². The maximum atomic E-state index is 12.6. The molecule has 6 heteroatoms. The van der Waals surface area contributed by atoms with Gasteiger partial charge in [-0.1, -0.05) is 24.3 Å². The Balaban J connectivity index is 1.43. The van der Waals surface area contributed by atoms with Crippen molar-refractivity contribution in [3.05, 3.63) is 35.4 Å². The van der Waals surface area contributed by atoms with Crippen LogP contribution in [0.15, 0.2) is 24.3 Å². The number of aliphatic hydroxyl groups is 3. The molecule has 2 amide bonds. The Labute approximate surface area is 141 Å². The van der Waals surface area contributed by atoms with Gasteiger partial charge < -0.3 is 25.5 Å². The van der Waals surface area contributed by atoms with Crippen LogP contribution in [0.1, 0.15) is 30.0 Å². The number of amides is 2. The third-order valence-electron chi connectivity index (χ3n) is 5.88. The molecule has 24 heavy (non-hydrogen) atoms. The molecule has 0 bridgehead atoms. The fraction of sp³-hybridized carbons (Fsp3) is 0.611. The highest BCUT2D eigenvalue weighted by molar-refractivity contribution is 5.75. The Morgan fingerprint density at radius 2 is 1.62 bits per heavy atom. The van der Waals surface area contributed by atoms with Crippen LogP contribution in [0.5, 0.6) is 0 Å². The predicted molar refractivity (Wildman–Crippen MR) is 87.2 cm³/mol. The van der Waals surface area contributed by atoms with Crippen molar-refractivity contribution in [2.24, 2.45) is 11.8 Å². The Morgan fingerprint density at radius 1 is 1.00 bits per heavy atom. The molecule has 1 saturated carbocycles. The highest BCUT2D eigenvalue weighted by atomic mass is 16.3. The van der Waals surface area contributed by atoms with Crippen LogP contribution in [0.2, 0.25) is 0 Å². The van der Waals surface area contributed by atoms with E-state index in [1.54, 1.807) is 4.90 Å². The number of hydrogen-bond acceptors (Lipinski definition) is 4. The quantitative estimate of drug-likeness (QED) is 0.600. The van der Waals surface area contributed by atoms with Crippen molar-refractivity contribution >= 4 is 6.03 Å². The Bertz CT molecular complexity index is 619. The summed E-state index contributed by atoms with van der Waals surface area (Å²) >= 11 is 0. The number of likely N-dealkylation sites (tertiary alicyclic amines) is 1. The van der Waals surface area contributed by atoms with Gasteiger partial charge in [-0.25, -0.2) is 4.79 Å². The van der Waals surface area contributed by atoms with E-state index in [9.17, 15) is 20.1 Å². The van der Waals surface area contributed by atoms with Gasteiger partial charge in [-0.05, 0) is 35.8 Å². The van der Waals surface area contributed by atoms with Gasteiger partial charge in [0.2, 0.25) is 0 Å². The summed E-state index contributed by atoms with van der Waals surface area (Å²) in [5.41, 5.74) is 2.07. The summed E-state index contributed by atoms with van der Waals surface area (Å²) < 4.78 is 0. The molecule has 6 atom stereocenters. The number of carbonyl (C=O) groups excluding carboxylic acids is 1. The second-order valence-corrected chi connectivity index (χ2v) is 7.43. The first-order valence-electron chi connectivity index (χ1n) is 8.70. The van der Waals surface area contributed by atoms with Crippen LogP contribution < -0.4 is 5.32 Å². The van der Waals surface area contributed by atoms with Gasteiger partial charge >= 0.3 is 6.03 Å². The summed E-state index contributed by atoms with van der Waals surface area (Å²) in [6.07, 6.45) is -0.310. The fourth-order valence-electron chi connectivity index (χ4n) is 4.55. The maximum absolute atomic E-state index is 12.6. The highest BCUT2D eigenvalue weighted by Crippen LogP contribution is 2.37. The number of nitrogens with zero attached hydrogens (tertiary/aromatic N) is 1. The van der Waals surface area contributed by atoms with E-state index in [-0.39, 0.29) is 23.9 Å². The number of hydrogen-bond donors (Lipinski definition) is 4. The average molecular weight is 332 g/mol. The highest BCUT2D eigenvalue weighted by Gasteiger charge is 2.43. The van der Waals surface area contributed by atoms with Gasteiger partial charge in [0.25, 0.3) is 0 Å². The van der Waals surface area contributed by atoms with Crippen LogP contribution in [0.25, 0.3) is 0 Å².